The van der Waals surface area contributed by atoms with Crippen LogP contribution >= 0.6 is 0 Å². The summed E-state index contributed by atoms with van der Waals surface area (Å²) < 4.78 is 0. The first-order chi connectivity index (χ1) is 11.4. The molecule has 0 N–H and O–H groups in total. The lowest BCUT2D eigenvalue weighted by atomic mass is 9.42. The fourth-order valence-electron chi connectivity index (χ4n) is 8.21. The standard InChI is InChI=1S/C24H40/c1-6-21-20-10-9-19-15-17(4)11-14-24(19,18-7-8-18)22(20)12-13-23(21,5)16(2)3/h17-22H,2,6-15H2,1,3-5H3. The van der Waals surface area contributed by atoms with Crippen molar-refractivity contribution in [2.45, 2.75) is 91.9 Å². The first-order valence-electron chi connectivity index (χ1n) is 11.1. The van der Waals surface area contributed by atoms with Crippen LogP contribution in [0.15, 0.2) is 12.2 Å². The van der Waals surface area contributed by atoms with Crippen LogP contribution in [0, 0.1) is 46.3 Å². The van der Waals surface area contributed by atoms with Gasteiger partial charge in [0.1, 0.15) is 0 Å². The maximum absolute atomic E-state index is 4.44. The van der Waals surface area contributed by atoms with E-state index >= 15 is 0 Å². The minimum absolute atomic E-state index is 0.412. The summed E-state index contributed by atoms with van der Waals surface area (Å²) in [5.41, 5.74) is 2.64. The van der Waals surface area contributed by atoms with Gasteiger partial charge in [0.05, 0.1) is 0 Å². The van der Waals surface area contributed by atoms with E-state index in [9.17, 15) is 0 Å². The zero-order valence-electron chi connectivity index (χ0n) is 16.7. The molecule has 0 radical (unpaired) electrons. The van der Waals surface area contributed by atoms with E-state index in [0.717, 1.165) is 40.9 Å². The van der Waals surface area contributed by atoms with Crippen LogP contribution in [-0.4, -0.2) is 0 Å². The zero-order valence-corrected chi connectivity index (χ0v) is 16.7. The van der Waals surface area contributed by atoms with Crippen molar-refractivity contribution in [3.63, 3.8) is 0 Å². The average molecular weight is 329 g/mol. The third-order valence-electron chi connectivity index (χ3n) is 9.63. The Morgan fingerprint density at radius 1 is 1.00 bits per heavy atom. The van der Waals surface area contributed by atoms with E-state index in [-0.39, 0.29) is 0 Å². The maximum Gasteiger partial charge on any atom is -0.00908 e. The molecule has 24 heavy (non-hydrogen) atoms. The van der Waals surface area contributed by atoms with Gasteiger partial charge < -0.3 is 0 Å². The predicted molar refractivity (Wildman–Crippen MR) is 104 cm³/mol. The molecule has 136 valence electrons. The van der Waals surface area contributed by atoms with Gasteiger partial charge in [-0.3, -0.25) is 0 Å². The highest BCUT2D eigenvalue weighted by Gasteiger charge is 2.62. The van der Waals surface area contributed by atoms with Gasteiger partial charge in [-0.2, -0.15) is 0 Å². The quantitative estimate of drug-likeness (QED) is 0.479. The molecule has 7 unspecified atom stereocenters. The Bertz CT molecular complexity index is 500. The van der Waals surface area contributed by atoms with Crippen molar-refractivity contribution in [1.82, 2.24) is 0 Å². The molecule has 4 aliphatic carbocycles. The summed E-state index contributed by atoms with van der Waals surface area (Å²) in [5, 5.41) is 0. The van der Waals surface area contributed by atoms with E-state index in [1.165, 1.54) is 37.7 Å². The van der Waals surface area contributed by atoms with Crippen LogP contribution in [0.4, 0.5) is 0 Å². The van der Waals surface area contributed by atoms with Crippen molar-refractivity contribution in [3.8, 4) is 0 Å². The van der Waals surface area contributed by atoms with Crippen molar-refractivity contribution in [1.29, 1.82) is 0 Å². The molecule has 4 fully saturated rings. The third kappa shape index (κ3) is 2.30. The van der Waals surface area contributed by atoms with Gasteiger partial charge in [-0.15, -0.1) is 0 Å². The smallest absolute Gasteiger partial charge is 0.00908 e. The van der Waals surface area contributed by atoms with E-state index < -0.39 is 0 Å². The second-order valence-electron chi connectivity index (χ2n) is 10.6. The number of hydrogen-bond acceptors (Lipinski definition) is 0. The van der Waals surface area contributed by atoms with Gasteiger partial charge in [0, 0.05) is 0 Å². The molecule has 7 atom stereocenters. The Hall–Kier alpha value is -0.260. The summed E-state index contributed by atoms with van der Waals surface area (Å²) in [6, 6.07) is 0. The first kappa shape index (κ1) is 17.2. The van der Waals surface area contributed by atoms with Crippen molar-refractivity contribution in [2.75, 3.05) is 0 Å². The van der Waals surface area contributed by atoms with Crippen molar-refractivity contribution >= 4 is 0 Å². The lowest BCUT2D eigenvalue weighted by Gasteiger charge is -2.63. The SMILES string of the molecule is C=C(C)C1(C)CCC2C(CCC3CC(C)CCC32C2CC2)C1CC. The van der Waals surface area contributed by atoms with Gasteiger partial charge in [-0.25, -0.2) is 0 Å². The van der Waals surface area contributed by atoms with Gasteiger partial charge in [0.2, 0.25) is 0 Å². The average Bonchev–Trinajstić information content (AvgIpc) is 3.39. The molecule has 0 heterocycles. The highest BCUT2D eigenvalue weighted by molar-refractivity contribution is 5.17. The Kier molecular flexibility index (Phi) is 4.21. The molecular weight excluding hydrogens is 288 g/mol. The predicted octanol–water partition coefficient (Wildman–Crippen LogP) is 7.25. The van der Waals surface area contributed by atoms with Gasteiger partial charge in [0.25, 0.3) is 0 Å². The lowest BCUT2D eigenvalue weighted by molar-refractivity contribution is -0.132. The van der Waals surface area contributed by atoms with Crippen LogP contribution in [0.1, 0.15) is 91.9 Å². The van der Waals surface area contributed by atoms with E-state index in [1.807, 2.05) is 0 Å². The maximum atomic E-state index is 4.44. The molecule has 4 rings (SSSR count). The fraction of sp³-hybridized carbons (Fsp3) is 0.917. The molecule has 0 saturated heterocycles. The second-order valence-corrected chi connectivity index (χ2v) is 10.6. The molecule has 4 saturated carbocycles. The Balaban J connectivity index is 1.69. The van der Waals surface area contributed by atoms with Crippen LogP contribution in [0.3, 0.4) is 0 Å². The van der Waals surface area contributed by atoms with Crippen molar-refractivity contribution in [2.24, 2.45) is 46.3 Å². The normalized spacial score (nSPS) is 51.6. The van der Waals surface area contributed by atoms with Crippen LogP contribution in [-0.2, 0) is 0 Å². The number of fused-ring (bicyclic) bond motifs is 3. The van der Waals surface area contributed by atoms with Crippen LogP contribution < -0.4 is 0 Å². The summed E-state index contributed by atoms with van der Waals surface area (Å²) >= 11 is 0. The van der Waals surface area contributed by atoms with E-state index in [0.29, 0.717) is 5.41 Å². The molecule has 4 aliphatic rings. The van der Waals surface area contributed by atoms with Crippen molar-refractivity contribution in [3.05, 3.63) is 12.2 Å². The van der Waals surface area contributed by atoms with Crippen LogP contribution in [0.2, 0.25) is 0 Å². The summed E-state index contributed by atoms with van der Waals surface area (Å²) in [6.45, 7) is 14.3. The number of rotatable bonds is 3. The minimum atomic E-state index is 0.412. The lowest BCUT2D eigenvalue weighted by Crippen LogP contribution is -2.55. The number of hydrogen-bond donors (Lipinski definition) is 0. The van der Waals surface area contributed by atoms with E-state index in [2.05, 4.69) is 34.3 Å². The highest BCUT2D eigenvalue weighted by atomic mass is 14.7. The monoisotopic (exact) mass is 328 g/mol. The van der Waals surface area contributed by atoms with E-state index in [4.69, 9.17) is 0 Å². The summed E-state index contributed by atoms with van der Waals surface area (Å²) in [7, 11) is 0. The van der Waals surface area contributed by atoms with Gasteiger partial charge in [-0.05, 0) is 105 Å². The van der Waals surface area contributed by atoms with Gasteiger partial charge in [0.15, 0.2) is 0 Å². The molecule has 0 amide bonds. The molecule has 0 spiro atoms. The molecule has 0 aromatic heterocycles. The topological polar surface area (TPSA) is 0 Å². The largest absolute Gasteiger partial charge is 0.0996 e. The molecule has 0 aliphatic heterocycles. The zero-order chi connectivity index (χ0) is 17.1. The van der Waals surface area contributed by atoms with Crippen molar-refractivity contribution < 1.29 is 0 Å². The molecule has 0 nitrogen and oxygen atoms in total. The minimum Gasteiger partial charge on any atom is -0.0996 e. The Labute approximate surface area is 150 Å². The molecule has 0 aromatic rings. The Morgan fingerprint density at radius 3 is 2.33 bits per heavy atom. The van der Waals surface area contributed by atoms with Gasteiger partial charge in [-0.1, -0.05) is 45.8 Å². The first-order valence-corrected chi connectivity index (χ1v) is 11.1. The second kappa shape index (κ2) is 5.88. The molecule has 0 aromatic carbocycles. The highest BCUT2D eigenvalue weighted by Crippen LogP contribution is 2.70. The summed E-state index contributed by atoms with van der Waals surface area (Å²) in [4.78, 5) is 0. The Morgan fingerprint density at radius 2 is 1.71 bits per heavy atom. The summed E-state index contributed by atoms with van der Waals surface area (Å²) in [6.07, 6.45) is 15.1. The molecule has 0 heteroatoms. The summed E-state index contributed by atoms with van der Waals surface area (Å²) in [5.74, 6) is 6.11. The molecular formula is C24H40. The van der Waals surface area contributed by atoms with Crippen LogP contribution in [0.25, 0.3) is 0 Å². The third-order valence-corrected chi connectivity index (χ3v) is 9.63. The molecule has 0 bridgehead atoms. The fourth-order valence-corrected chi connectivity index (χ4v) is 8.21. The van der Waals surface area contributed by atoms with Crippen LogP contribution in [0.5, 0.6) is 0 Å². The van der Waals surface area contributed by atoms with E-state index in [1.54, 1.807) is 32.1 Å². The van der Waals surface area contributed by atoms with Gasteiger partial charge >= 0.3 is 0 Å². The number of allylic oxidation sites excluding steroid dienone is 1.